The maximum atomic E-state index is 5.36. The van der Waals surface area contributed by atoms with E-state index in [0.29, 0.717) is 5.95 Å². The van der Waals surface area contributed by atoms with Crippen molar-refractivity contribution in [1.82, 2.24) is 9.97 Å². The van der Waals surface area contributed by atoms with Gasteiger partial charge in [0.2, 0.25) is 5.95 Å². The molecule has 26 heavy (non-hydrogen) atoms. The molecule has 0 aliphatic carbocycles. The van der Waals surface area contributed by atoms with Crippen LogP contribution in [0, 0.1) is 6.92 Å². The van der Waals surface area contributed by atoms with Gasteiger partial charge in [0.15, 0.2) is 11.5 Å². The predicted octanol–water partition coefficient (Wildman–Crippen LogP) is 3.45. The zero-order chi connectivity index (χ0) is 18.4. The molecule has 0 bridgehead atoms. The molecule has 3 rings (SSSR count). The number of hydrogen-bond donors (Lipinski definition) is 1. The molecule has 6 heteroatoms. The molecule has 6 nitrogen and oxygen atoms in total. The van der Waals surface area contributed by atoms with Crippen molar-refractivity contribution in [2.75, 3.05) is 44.1 Å². The van der Waals surface area contributed by atoms with Gasteiger partial charge in [-0.25, -0.2) is 4.98 Å². The summed E-state index contributed by atoms with van der Waals surface area (Å²) in [5.74, 6) is 3.23. The average molecular weight is 356 g/mol. The third-order valence-corrected chi connectivity index (χ3v) is 4.67. The lowest BCUT2D eigenvalue weighted by Gasteiger charge is -2.28. The Morgan fingerprint density at radius 3 is 2.50 bits per heavy atom. The van der Waals surface area contributed by atoms with Gasteiger partial charge in [0, 0.05) is 31.4 Å². The second-order valence-corrected chi connectivity index (χ2v) is 6.60. The van der Waals surface area contributed by atoms with Gasteiger partial charge in [-0.1, -0.05) is 6.07 Å². The highest BCUT2D eigenvalue weighted by molar-refractivity contribution is 5.46. The van der Waals surface area contributed by atoms with Crippen LogP contribution in [0.1, 0.15) is 30.5 Å². The molecule has 140 valence electrons. The van der Waals surface area contributed by atoms with Gasteiger partial charge < -0.3 is 19.7 Å². The lowest BCUT2D eigenvalue weighted by molar-refractivity contribution is 0.354. The molecule has 0 unspecified atom stereocenters. The third-order valence-electron chi connectivity index (χ3n) is 4.67. The van der Waals surface area contributed by atoms with E-state index in [0.717, 1.165) is 49.1 Å². The molecule has 1 aromatic carbocycles. The quantitative estimate of drug-likeness (QED) is 0.820. The van der Waals surface area contributed by atoms with Crippen molar-refractivity contribution < 1.29 is 9.47 Å². The van der Waals surface area contributed by atoms with Crippen LogP contribution in [0.3, 0.4) is 0 Å². The highest BCUT2D eigenvalue weighted by atomic mass is 16.5. The van der Waals surface area contributed by atoms with Crippen LogP contribution < -0.4 is 19.7 Å². The number of aryl methyl sites for hydroxylation is 1. The van der Waals surface area contributed by atoms with Gasteiger partial charge in [-0.05, 0) is 50.3 Å². The summed E-state index contributed by atoms with van der Waals surface area (Å²) in [4.78, 5) is 11.6. The zero-order valence-electron chi connectivity index (χ0n) is 15.9. The number of hydrogen-bond acceptors (Lipinski definition) is 6. The van der Waals surface area contributed by atoms with Crippen molar-refractivity contribution in [3.63, 3.8) is 0 Å². The first kappa shape index (κ1) is 18.3. The highest BCUT2D eigenvalue weighted by Gasteiger charge is 2.13. The van der Waals surface area contributed by atoms with Crippen LogP contribution in [0.25, 0.3) is 0 Å². The Bertz CT molecular complexity index is 730. The monoisotopic (exact) mass is 356 g/mol. The lowest BCUT2D eigenvalue weighted by atomic mass is 10.1. The van der Waals surface area contributed by atoms with Crippen LogP contribution in [0.5, 0.6) is 11.5 Å². The fraction of sp³-hybridized carbons (Fsp3) is 0.500. The fourth-order valence-electron chi connectivity index (χ4n) is 3.27. The smallest absolute Gasteiger partial charge is 0.224 e. The Labute approximate surface area is 155 Å². The Hall–Kier alpha value is -2.50. The summed E-state index contributed by atoms with van der Waals surface area (Å²) in [6.45, 7) is 4.95. The maximum Gasteiger partial charge on any atom is 0.224 e. The third kappa shape index (κ3) is 4.56. The molecule has 1 fully saturated rings. The number of piperidine rings is 1. The molecule has 0 spiro atoms. The van der Waals surface area contributed by atoms with Crippen molar-refractivity contribution >= 4 is 11.8 Å². The van der Waals surface area contributed by atoms with Crippen molar-refractivity contribution in [2.24, 2.45) is 0 Å². The Morgan fingerprint density at radius 2 is 1.77 bits per heavy atom. The summed E-state index contributed by atoms with van der Waals surface area (Å²) in [6, 6.07) is 8.08. The molecular formula is C20H28N4O2. The van der Waals surface area contributed by atoms with Gasteiger partial charge in [0.05, 0.1) is 14.2 Å². The van der Waals surface area contributed by atoms with Gasteiger partial charge in [0.1, 0.15) is 5.82 Å². The Balaban J connectivity index is 1.62. The number of methoxy groups -OCH3 is 2. The SMILES string of the molecule is COc1ccc(CCNc2nc(C)cc(N3CCCCC3)n2)cc1OC. The summed E-state index contributed by atoms with van der Waals surface area (Å²) in [6.07, 6.45) is 4.66. The van der Waals surface area contributed by atoms with E-state index in [1.54, 1.807) is 14.2 Å². The van der Waals surface area contributed by atoms with Gasteiger partial charge in [-0.3, -0.25) is 0 Å². The average Bonchev–Trinajstić information content (AvgIpc) is 2.68. The lowest BCUT2D eigenvalue weighted by Crippen LogP contribution is -2.30. The number of aromatic nitrogens is 2. The van der Waals surface area contributed by atoms with E-state index in [1.165, 1.54) is 24.8 Å². The van der Waals surface area contributed by atoms with Gasteiger partial charge in [-0.2, -0.15) is 4.98 Å². The van der Waals surface area contributed by atoms with E-state index in [9.17, 15) is 0 Å². The normalized spacial score (nSPS) is 14.2. The molecule has 2 heterocycles. The van der Waals surface area contributed by atoms with Crippen LogP contribution >= 0.6 is 0 Å². The summed E-state index contributed by atoms with van der Waals surface area (Å²) in [5, 5.41) is 3.36. The number of benzene rings is 1. The van der Waals surface area contributed by atoms with E-state index in [4.69, 9.17) is 14.5 Å². The van der Waals surface area contributed by atoms with Crippen LogP contribution in [-0.4, -0.2) is 43.8 Å². The maximum absolute atomic E-state index is 5.36. The number of rotatable bonds is 7. The van der Waals surface area contributed by atoms with E-state index in [-0.39, 0.29) is 0 Å². The zero-order valence-corrected chi connectivity index (χ0v) is 15.9. The Morgan fingerprint density at radius 1 is 1.00 bits per heavy atom. The van der Waals surface area contributed by atoms with Crippen LogP contribution in [-0.2, 0) is 6.42 Å². The molecule has 1 aliphatic rings. The van der Waals surface area contributed by atoms with Crippen LogP contribution in [0.4, 0.5) is 11.8 Å². The summed E-state index contributed by atoms with van der Waals surface area (Å²) in [5.41, 5.74) is 2.17. The van der Waals surface area contributed by atoms with Gasteiger partial charge in [0.25, 0.3) is 0 Å². The molecule has 0 amide bonds. The minimum Gasteiger partial charge on any atom is -0.493 e. The van der Waals surface area contributed by atoms with Crippen molar-refractivity contribution in [2.45, 2.75) is 32.6 Å². The largest absolute Gasteiger partial charge is 0.493 e. The molecule has 1 aliphatic heterocycles. The molecule has 1 saturated heterocycles. The number of ether oxygens (including phenoxy) is 2. The first-order chi connectivity index (χ1) is 12.7. The summed E-state index contributed by atoms with van der Waals surface area (Å²) in [7, 11) is 3.30. The van der Waals surface area contributed by atoms with E-state index >= 15 is 0 Å². The topological polar surface area (TPSA) is 59.5 Å². The number of nitrogens with zero attached hydrogens (tertiary/aromatic N) is 3. The molecule has 0 radical (unpaired) electrons. The molecular weight excluding hydrogens is 328 g/mol. The Kier molecular flexibility index (Phi) is 6.15. The summed E-state index contributed by atoms with van der Waals surface area (Å²) < 4.78 is 10.6. The fourth-order valence-corrected chi connectivity index (χ4v) is 3.27. The summed E-state index contributed by atoms with van der Waals surface area (Å²) >= 11 is 0. The second-order valence-electron chi connectivity index (χ2n) is 6.60. The van der Waals surface area contributed by atoms with E-state index in [2.05, 4.69) is 27.3 Å². The van der Waals surface area contributed by atoms with Gasteiger partial charge in [-0.15, -0.1) is 0 Å². The van der Waals surface area contributed by atoms with Gasteiger partial charge >= 0.3 is 0 Å². The molecule has 0 saturated carbocycles. The van der Waals surface area contributed by atoms with Crippen molar-refractivity contribution in [3.05, 3.63) is 35.5 Å². The van der Waals surface area contributed by atoms with Crippen molar-refractivity contribution in [3.8, 4) is 11.5 Å². The predicted molar refractivity (Wildman–Crippen MR) is 105 cm³/mol. The second kappa shape index (κ2) is 8.74. The molecule has 1 N–H and O–H groups in total. The van der Waals surface area contributed by atoms with Crippen molar-refractivity contribution in [1.29, 1.82) is 0 Å². The first-order valence-electron chi connectivity index (χ1n) is 9.25. The first-order valence-corrected chi connectivity index (χ1v) is 9.25. The molecule has 2 aromatic rings. The number of nitrogens with one attached hydrogen (secondary N) is 1. The minimum absolute atomic E-state index is 0.700. The van der Waals surface area contributed by atoms with Crippen LogP contribution in [0.15, 0.2) is 24.3 Å². The molecule has 0 atom stereocenters. The van der Waals surface area contributed by atoms with Crippen LogP contribution in [0.2, 0.25) is 0 Å². The molecule has 1 aromatic heterocycles. The standard InChI is InChI=1S/C20H28N4O2/c1-15-13-19(24-11-5-4-6-12-24)23-20(22-15)21-10-9-16-7-8-17(25-2)18(14-16)26-3/h7-8,13-14H,4-6,9-12H2,1-3H3,(H,21,22,23). The van der Waals surface area contributed by atoms with E-state index < -0.39 is 0 Å². The highest BCUT2D eigenvalue weighted by Crippen LogP contribution is 2.27. The number of anilines is 2. The minimum atomic E-state index is 0.700. The van der Waals surface area contributed by atoms with E-state index in [1.807, 2.05) is 19.1 Å².